The molecule has 0 aromatic heterocycles. The van der Waals surface area contributed by atoms with Crippen molar-refractivity contribution in [2.45, 2.75) is 44.8 Å². The average Bonchev–Trinajstić information content (AvgIpc) is 2.24. The highest BCUT2D eigenvalue weighted by molar-refractivity contribution is 4.95. The van der Waals surface area contributed by atoms with Crippen molar-refractivity contribution in [1.29, 1.82) is 0 Å². The molecule has 2 aliphatic rings. The second-order valence-electron chi connectivity index (χ2n) is 5.73. The van der Waals surface area contributed by atoms with Crippen LogP contribution in [0, 0.1) is 5.92 Å². The maximum atomic E-state index is 5.74. The van der Waals surface area contributed by atoms with E-state index in [4.69, 9.17) is 4.74 Å². The molecule has 3 heteroatoms. The molecule has 0 radical (unpaired) electrons. The molecule has 2 rings (SSSR count). The highest BCUT2D eigenvalue weighted by atomic mass is 16.5. The molecule has 3 nitrogen and oxygen atoms in total. The summed E-state index contributed by atoms with van der Waals surface area (Å²) in [4.78, 5) is 2.64. The Hall–Kier alpha value is -0.120. The fourth-order valence-electron chi connectivity index (χ4n) is 2.99. The lowest BCUT2D eigenvalue weighted by atomic mass is 9.79. The lowest BCUT2D eigenvalue weighted by Crippen LogP contribution is -2.59. The minimum atomic E-state index is 0.185. The summed E-state index contributed by atoms with van der Waals surface area (Å²) in [5.41, 5.74) is 0.185. The van der Waals surface area contributed by atoms with Crippen molar-refractivity contribution in [1.82, 2.24) is 10.2 Å². The lowest BCUT2D eigenvalue weighted by Gasteiger charge is -2.48. The molecule has 94 valence electrons. The van der Waals surface area contributed by atoms with Crippen LogP contribution in [0.4, 0.5) is 0 Å². The second-order valence-corrected chi connectivity index (χ2v) is 5.73. The van der Waals surface area contributed by atoms with E-state index in [1.165, 1.54) is 25.8 Å². The maximum absolute atomic E-state index is 5.74. The Bertz CT molecular complexity index is 220. The van der Waals surface area contributed by atoms with Gasteiger partial charge in [0.15, 0.2) is 0 Å². The van der Waals surface area contributed by atoms with Crippen LogP contribution in [-0.4, -0.2) is 49.8 Å². The molecule has 1 N–H and O–H groups in total. The first-order valence-corrected chi connectivity index (χ1v) is 6.67. The Labute approximate surface area is 99.5 Å². The molecular weight excluding hydrogens is 200 g/mol. The first-order valence-electron chi connectivity index (χ1n) is 6.67. The predicted molar refractivity (Wildman–Crippen MR) is 66.7 cm³/mol. The number of rotatable bonds is 4. The van der Waals surface area contributed by atoms with Crippen molar-refractivity contribution in [2.24, 2.45) is 5.92 Å². The molecule has 1 saturated carbocycles. The van der Waals surface area contributed by atoms with Gasteiger partial charge in [0.05, 0.1) is 5.60 Å². The Kier molecular flexibility index (Phi) is 3.88. The fraction of sp³-hybridized carbons (Fsp3) is 1.00. The molecule has 2 fully saturated rings. The summed E-state index contributed by atoms with van der Waals surface area (Å²) < 4.78 is 5.74. The van der Waals surface area contributed by atoms with E-state index in [0.29, 0.717) is 6.04 Å². The predicted octanol–water partition coefficient (Wildman–Crippen LogP) is 1.49. The topological polar surface area (TPSA) is 24.5 Å². The largest absolute Gasteiger partial charge is 0.377 e. The maximum Gasteiger partial charge on any atom is 0.0805 e. The van der Waals surface area contributed by atoms with E-state index in [0.717, 1.165) is 25.6 Å². The van der Waals surface area contributed by atoms with Crippen LogP contribution >= 0.6 is 0 Å². The van der Waals surface area contributed by atoms with E-state index in [9.17, 15) is 0 Å². The van der Waals surface area contributed by atoms with Gasteiger partial charge in [-0.1, -0.05) is 13.8 Å². The first-order chi connectivity index (χ1) is 7.67. The summed E-state index contributed by atoms with van der Waals surface area (Å²) >= 11 is 0. The van der Waals surface area contributed by atoms with Gasteiger partial charge < -0.3 is 10.1 Å². The van der Waals surface area contributed by atoms with Crippen LogP contribution in [0.2, 0.25) is 0 Å². The van der Waals surface area contributed by atoms with Crippen molar-refractivity contribution in [3.63, 3.8) is 0 Å². The molecule has 1 saturated heterocycles. The zero-order chi connectivity index (χ0) is 11.6. The normalized spacial score (nSPS) is 30.4. The molecule has 1 atom stereocenters. The fourth-order valence-corrected chi connectivity index (χ4v) is 2.99. The van der Waals surface area contributed by atoms with Crippen molar-refractivity contribution < 1.29 is 4.74 Å². The van der Waals surface area contributed by atoms with Crippen molar-refractivity contribution >= 4 is 0 Å². The number of nitrogens with zero attached hydrogens (tertiary/aromatic N) is 1. The van der Waals surface area contributed by atoms with Crippen molar-refractivity contribution in [3.8, 4) is 0 Å². The summed E-state index contributed by atoms with van der Waals surface area (Å²) in [6, 6.07) is 0.682. The average molecular weight is 226 g/mol. The van der Waals surface area contributed by atoms with Crippen LogP contribution in [-0.2, 0) is 4.74 Å². The summed E-state index contributed by atoms with van der Waals surface area (Å²) in [6.07, 6.45) is 3.84. The van der Waals surface area contributed by atoms with Crippen molar-refractivity contribution in [2.75, 3.05) is 33.3 Å². The molecular formula is C13H26N2O. The second kappa shape index (κ2) is 5.03. The van der Waals surface area contributed by atoms with Crippen LogP contribution < -0.4 is 5.32 Å². The minimum Gasteiger partial charge on any atom is -0.377 e. The van der Waals surface area contributed by atoms with Crippen LogP contribution in [0.3, 0.4) is 0 Å². The molecule has 16 heavy (non-hydrogen) atoms. The van der Waals surface area contributed by atoms with Crippen LogP contribution in [0.1, 0.15) is 33.1 Å². The molecule has 1 aliphatic carbocycles. The van der Waals surface area contributed by atoms with Crippen molar-refractivity contribution in [3.05, 3.63) is 0 Å². The molecule has 1 aliphatic heterocycles. The monoisotopic (exact) mass is 226 g/mol. The van der Waals surface area contributed by atoms with Gasteiger partial charge in [-0.2, -0.15) is 0 Å². The van der Waals surface area contributed by atoms with E-state index in [2.05, 4.69) is 24.1 Å². The molecule has 0 aromatic rings. The summed E-state index contributed by atoms with van der Waals surface area (Å²) in [7, 11) is 1.88. The number of methoxy groups -OCH3 is 1. The molecule has 1 unspecified atom stereocenters. The van der Waals surface area contributed by atoms with Crippen LogP contribution in [0.25, 0.3) is 0 Å². The first kappa shape index (κ1) is 12.3. The third kappa shape index (κ3) is 2.41. The SMILES string of the molecule is COC1(CN2CCNCC2C(C)C)CCC1. The van der Waals surface area contributed by atoms with E-state index >= 15 is 0 Å². The van der Waals surface area contributed by atoms with Gasteiger partial charge in [0, 0.05) is 39.3 Å². The Morgan fingerprint density at radius 3 is 2.69 bits per heavy atom. The summed E-state index contributed by atoms with van der Waals surface area (Å²) in [6.45, 7) is 9.22. The lowest BCUT2D eigenvalue weighted by molar-refractivity contribution is -0.102. The Balaban J connectivity index is 1.95. The highest BCUT2D eigenvalue weighted by Crippen LogP contribution is 2.36. The van der Waals surface area contributed by atoms with Gasteiger partial charge in [-0.15, -0.1) is 0 Å². The number of nitrogens with one attached hydrogen (secondary N) is 1. The smallest absolute Gasteiger partial charge is 0.0805 e. The molecule has 0 aromatic carbocycles. The zero-order valence-electron chi connectivity index (χ0n) is 11.0. The molecule has 0 bridgehead atoms. The van der Waals surface area contributed by atoms with Crippen LogP contribution in [0.5, 0.6) is 0 Å². The summed E-state index contributed by atoms with van der Waals surface area (Å²) in [5, 5.41) is 3.50. The van der Waals surface area contributed by atoms with E-state index in [1.807, 2.05) is 7.11 Å². The molecule has 1 heterocycles. The van der Waals surface area contributed by atoms with Gasteiger partial charge in [-0.25, -0.2) is 0 Å². The third-order valence-corrected chi connectivity index (χ3v) is 4.36. The quantitative estimate of drug-likeness (QED) is 0.786. The van der Waals surface area contributed by atoms with E-state index in [-0.39, 0.29) is 5.60 Å². The van der Waals surface area contributed by atoms with Gasteiger partial charge in [-0.3, -0.25) is 4.90 Å². The third-order valence-electron chi connectivity index (χ3n) is 4.36. The van der Waals surface area contributed by atoms with Gasteiger partial charge in [0.1, 0.15) is 0 Å². The number of ether oxygens (including phenoxy) is 1. The number of piperazine rings is 1. The Morgan fingerprint density at radius 2 is 2.19 bits per heavy atom. The summed E-state index contributed by atoms with van der Waals surface area (Å²) in [5.74, 6) is 0.724. The highest BCUT2D eigenvalue weighted by Gasteiger charge is 2.40. The van der Waals surface area contributed by atoms with Gasteiger partial charge in [0.2, 0.25) is 0 Å². The molecule has 0 amide bonds. The van der Waals surface area contributed by atoms with Gasteiger partial charge in [-0.05, 0) is 25.2 Å². The zero-order valence-corrected chi connectivity index (χ0v) is 11.0. The minimum absolute atomic E-state index is 0.185. The molecule has 0 spiro atoms. The number of hydrogen-bond acceptors (Lipinski definition) is 3. The Morgan fingerprint density at radius 1 is 1.44 bits per heavy atom. The van der Waals surface area contributed by atoms with Gasteiger partial charge in [0.25, 0.3) is 0 Å². The van der Waals surface area contributed by atoms with E-state index in [1.54, 1.807) is 0 Å². The standard InChI is InChI=1S/C13H26N2O/c1-11(2)12-9-14-7-8-15(12)10-13(16-3)5-4-6-13/h11-12,14H,4-10H2,1-3H3. The number of hydrogen-bond donors (Lipinski definition) is 1. The van der Waals surface area contributed by atoms with Crippen LogP contribution in [0.15, 0.2) is 0 Å². The van der Waals surface area contributed by atoms with E-state index < -0.39 is 0 Å². The van der Waals surface area contributed by atoms with Gasteiger partial charge >= 0.3 is 0 Å².